The van der Waals surface area contributed by atoms with Crippen LogP contribution >= 0.6 is 28.3 Å². The monoisotopic (exact) mass is 388 g/mol. The van der Waals surface area contributed by atoms with E-state index in [4.69, 9.17) is 4.98 Å². The summed E-state index contributed by atoms with van der Waals surface area (Å²) in [4.78, 5) is 4.74. The zero-order valence-corrected chi connectivity index (χ0v) is 16.3. The topological polar surface area (TPSA) is 24.9 Å². The number of halogens is 1. The van der Waals surface area contributed by atoms with Crippen molar-refractivity contribution in [1.29, 1.82) is 0 Å². The van der Waals surface area contributed by atoms with Crippen LogP contribution in [-0.4, -0.2) is 4.98 Å². The second-order valence-corrected chi connectivity index (χ2v) is 6.72. The summed E-state index contributed by atoms with van der Waals surface area (Å²) in [5.41, 5.74) is 8.39. The van der Waals surface area contributed by atoms with E-state index in [0.717, 1.165) is 16.5 Å². The molecule has 0 aliphatic heterocycles. The summed E-state index contributed by atoms with van der Waals surface area (Å²) in [6, 6.07) is 13.0. The van der Waals surface area contributed by atoms with Gasteiger partial charge in [-0.1, -0.05) is 23.8 Å². The number of nitrogens with one attached hydrogen (secondary N) is 1. The SMILES string of the molecule is Br.Cc1cc(C)cc(Nc2nc(-c3cc(C)ccc3C)cs2)c1. The van der Waals surface area contributed by atoms with E-state index in [2.05, 4.69) is 74.8 Å². The molecule has 0 aliphatic carbocycles. The van der Waals surface area contributed by atoms with Crippen molar-refractivity contribution in [2.75, 3.05) is 5.32 Å². The molecule has 2 aromatic carbocycles. The number of benzene rings is 2. The lowest BCUT2D eigenvalue weighted by Crippen LogP contribution is -1.92. The first-order valence-electron chi connectivity index (χ1n) is 7.40. The van der Waals surface area contributed by atoms with Gasteiger partial charge in [-0.15, -0.1) is 28.3 Å². The summed E-state index contributed by atoms with van der Waals surface area (Å²) < 4.78 is 0. The predicted octanol–water partition coefficient (Wildman–Crippen LogP) is 6.37. The van der Waals surface area contributed by atoms with Crippen LogP contribution in [0.2, 0.25) is 0 Å². The molecule has 0 atom stereocenters. The molecule has 0 spiro atoms. The van der Waals surface area contributed by atoms with Crippen LogP contribution in [0.4, 0.5) is 10.8 Å². The van der Waals surface area contributed by atoms with Crippen molar-refractivity contribution in [3.8, 4) is 11.3 Å². The van der Waals surface area contributed by atoms with Gasteiger partial charge in [0.15, 0.2) is 5.13 Å². The van der Waals surface area contributed by atoms with Gasteiger partial charge < -0.3 is 5.32 Å². The van der Waals surface area contributed by atoms with Gasteiger partial charge >= 0.3 is 0 Å². The molecule has 0 saturated carbocycles. The molecule has 4 heteroatoms. The van der Waals surface area contributed by atoms with Crippen LogP contribution in [-0.2, 0) is 0 Å². The maximum Gasteiger partial charge on any atom is 0.187 e. The smallest absolute Gasteiger partial charge is 0.187 e. The molecule has 1 N–H and O–H groups in total. The van der Waals surface area contributed by atoms with Crippen LogP contribution in [0, 0.1) is 27.7 Å². The number of hydrogen-bond donors (Lipinski definition) is 1. The van der Waals surface area contributed by atoms with Gasteiger partial charge in [0.1, 0.15) is 0 Å². The van der Waals surface area contributed by atoms with Crippen molar-refractivity contribution in [3.05, 3.63) is 64.0 Å². The minimum atomic E-state index is 0. The van der Waals surface area contributed by atoms with Gasteiger partial charge in [0.2, 0.25) is 0 Å². The average molecular weight is 389 g/mol. The average Bonchev–Trinajstić information content (AvgIpc) is 2.88. The van der Waals surface area contributed by atoms with Gasteiger partial charge in [0.25, 0.3) is 0 Å². The summed E-state index contributed by atoms with van der Waals surface area (Å²) in [5, 5.41) is 6.47. The second kappa shape index (κ2) is 7.28. The predicted molar refractivity (Wildman–Crippen MR) is 107 cm³/mol. The van der Waals surface area contributed by atoms with Crippen LogP contribution < -0.4 is 5.32 Å². The Labute approximate surface area is 152 Å². The lowest BCUT2D eigenvalue weighted by molar-refractivity contribution is 1.32. The molecule has 2 nitrogen and oxygen atoms in total. The Morgan fingerprint density at radius 3 is 2.26 bits per heavy atom. The molecule has 0 fully saturated rings. The Hall–Kier alpha value is -1.65. The van der Waals surface area contributed by atoms with Gasteiger partial charge in [-0.05, 0) is 62.6 Å². The summed E-state index contributed by atoms with van der Waals surface area (Å²) in [5.74, 6) is 0. The normalized spacial score (nSPS) is 10.3. The first-order valence-corrected chi connectivity index (χ1v) is 8.28. The molecule has 3 aromatic rings. The summed E-state index contributed by atoms with van der Waals surface area (Å²) in [7, 11) is 0. The minimum Gasteiger partial charge on any atom is -0.332 e. The molecule has 1 heterocycles. The first-order chi connectivity index (χ1) is 10.5. The van der Waals surface area contributed by atoms with E-state index in [9.17, 15) is 0 Å². The lowest BCUT2D eigenvalue weighted by Gasteiger charge is -2.06. The van der Waals surface area contributed by atoms with Crippen LogP contribution in [0.3, 0.4) is 0 Å². The van der Waals surface area contributed by atoms with Crippen LogP contribution in [0.25, 0.3) is 11.3 Å². The van der Waals surface area contributed by atoms with Gasteiger partial charge in [0.05, 0.1) is 5.69 Å². The van der Waals surface area contributed by atoms with E-state index in [1.54, 1.807) is 11.3 Å². The Bertz CT molecular complexity index is 804. The highest BCUT2D eigenvalue weighted by Crippen LogP contribution is 2.30. The van der Waals surface area contributed by atoms with E-state index in [1.807, 2.05) is 0 Å². The fourth-order valence-corrected chi connectivity index (χ4v) is 3.37. The Kier molecular flexibility index (Phi) is 5.60. The molecule has 0 unspecified atom stereocenters. The maximum absolute atomic E-state index is 4.74. The molecule has 0 amide bonds. The zero-order valence-electron chi connectivity index (χ0n) is 13.8. The Morgan fingerprint density at radius 1 is 0.870 bits per heavy atom. The van der Waals surface area contributed by atoms with Crippen molar-refractivity contribution in [2.45, 2.75) is 27.7 Å². The van der Waals surface area contributed by atoms with Crippen LogP contribution in [0.1, 0.15) is 22.3 Å². The summed E-state index contributed by atoms with van der Waals surface area (Å²) >= 11 is 1.64. The molecule has 0 saturated heterocycles. The van der Waals surface area contributed by atoms with E-state index >= 15 is 0 Å². The number of aryl methyl sites for hydroxylation is 4. The number of nitrogens with zero attached hydrogens (tertiary/aromatic N) is 1. The van der Waals surface area contributed by atoms with Crippen molar-refractivity contribution < 1.29 is 0 Å². The fraction of sp³-hybridized carbons (Fsp3) is 0.211. The quantitative estimate of drug-likeness (QED) is 0.563. The van der Waals surface area contributed by atoms with Gasteiger partial charge in [-0.25, -0.2) is 4.98 Å². The highest BCUT2D eigenvalue weighted by atomic mass is 79.9. The third kappa shape index (κ3) is 4.21. The number of thiazole rings is 1. The molecular weight excluding hydrogens is 368 g/mol. The number of anilines is 2. The Balaban J connectivity index is 0.00000192. The van der Waals surface area contributed by atoms with E-state index in [-0.39, 0.29) is 17.0 Å². The van der Waals surface area contributed by atoms with Crippen molar-refractivity contribution in [2.24, 2.45) is 0 Å². The Morgan fingerprint density at radius 2 is 1.57 bits per heavy atom. The molecule has 120 valence electrons. The third-order valence-corrected chi connectivity index (χ3v) is 4.40. The lowest BCUT2D eigenvalue weighted by atomic mass is 10.0. The molecule has 1 aromatic heterocycles. The molecule has 0 radical (unpaired) electrons. The largest absolute Gasteiger partial charge is 0.332 e. The number of aromatic nitrogens is 1. The summed E-state index contributed by atoms with van der Waals surface area (Å²) in [6.45, 7) is 8.47. The van der Waals surface area contributed by atoms with Crippen LogP contribution in [0.5, 0.6) is 0 Å². The fourth-order valence-electron chi connectivity index (χ4n) is 2.64. The van der Waals surface area contributed by atoms with Crippen LogP contribution in [0.15, 0.2) is 41.8 Å². The molecule has 0 aliphatic rings. The molecule has 0 bridgehead atoms. The maximum atomic E-state index is 4.74. The zero-order chi connectivity index (χ0) is 15.7. The molecule has 3 rings (SSSR count). The van der Waals surface area contributed by atoms with E-state index in [0.29, 0.717) is 0 Å². The van der Waals surface area contributed by atoms with E-state index < -0.39 is 0 Å². The second-order valence-electron chi connectivity index (χ2n) is 5.86. The van der Waals surface area contributed by atoms with Gasteiger partial charge in [0, 0.05) is 16.6 Å². The third-order valence-electron chi connectivity index (χ3n) is 3.65. The van der Waals surface area contributed by atoms with Gasteiger partial charge in [-0.2, -0.15) is 0 Å². The highest BCUT2D eigenvalue weighted by molar-refractivity contribution is 8.93. The van der Waals surface area contributed by atoms with Gasteiger partial charge in [-0.3, -0.25) is 0 Å². The van der Waals surface area contributed by atoms with Crippen molar-refractivity contribution in [3.63, 3.8) is 0 Å². The number of rotatable bonds is 3. The van der Waals surface area contributed by atoms with E-state index in [1.165, 1.54) is 27.8 Å². The summed E-state index contributed by atoms with van der Waals surface area (Å²) in [6.07, 6.45) is 0. The molecular formula is C19H21BrN2S. The standard InChI is InChI=1S/C19H20N2S.BrH/c1-12-5-6-15(4)17(10-12)18-11-22-19(21-18)20-16-8-13(2)7-14(3)9-16;/h5-11H,1-4H3,(H,20,21);1H. The van der Waals surface area contributed by atoms with Crippen molar-refractivity contribution >= 4 is 39.1 Å². The minimum absolute atomic E-state index is 0. The van der Waals surface area contributed by atoms with Crippen molar-refractivity contribution in [1.82, 2.24) is 4.98 Å². The molecule has 23 heavy (non-hydrogen) atoms. The first kappa shape index (κ1) is 17.7. The number of hydrogen-bond acceptors (Lipinski definition) is 3. The highest BCUT2D eigenvalue weighted by Gasteiger charge is 2.08.